The summed E-state index contributed by atoms with van der Waals surface area (Å²) in [6, 6.07) is 77.8. The molecule has 0 aliphatic carbocycles. The summed E-state index contributed by atoms with van der Waals surface area (Å²) in [6.45, 7) is 0. The summed E-state index contributed by atoms with van der Waals surface area (Å²) in [4.78, 5) is 15.6. The van der Waals surface area contributed by atoms with E-state index in [-0.39, 0.29) is 0 Å². The summed E-state index contributed by atoms with van der Waals surface area (Å²) >= 11 is 1.85. The van der Waals surface area contributed by atoms with Crippen LogP contribution in [0.2, 0.25) is 0 Å². The Labute approximate surface area is 373 Å². The number of benzene rings is 9. The Bertz CT molecular complexity index is 3930. The molecule has 0 fully saturated rings. The highest BCUT2D eigenvalue weighted by molar-refractivity contribution is 7.26. The first-order valence-electron chi connectivity index (χ1n) is 21.6. The van der Waals surface area contributed by atoms with Crippen molar-refractivity contribution in [3.8, 4) is 62.0 Å². The molecule has 13 aromatic rings. The van der Waals surface area contributed by atoms with E-state index in [1.165, 1.54) is 58.2 Å². The number of aromatic nitrogens is 4. The Morgan fingerprint density at radius 1 is 0.328 bits per heavy atom. The molecule has 5 heteroatoms. The molecule has 4 heterocycles. The molecule has 0 amide bonds. The lowest BCUT2D eigenvalue weighted by Crippen LogP contribution is -1.96. The molecule has 64 heavy (non-hydrogen) atoms. The molecule has 298 valence electrons. The van der Waals surface area contributed by atoms with Crippen LogP contribution >= 0.6 is 11.3 Å². The van der Waals surface area contributed by atoms with Gasteiger partial charge in [0.1, 0.15) is 0 Å². The van der Waals surface area contributed by atoms with Gasteiger partial charge in [-0.15, -0.1) is 11.3 Å². The average molecular weight is 833 g/mol. The number of para-hydroxylation sites is 3. The van der Waals surface area contributed by atoms with Gasteiger partial charge in [-0.1, -0.05) is 158 Å². The molecule has 4 nitrogen and oxygen atoms in total. The normalized spacial score (nSPS) is 11.8. The number of rotatable bonds is 6. The number of pyridine rings is 1. The van der Waals surface area contributed by atoms with Crippen LogP contribution in [0.1, 0.15) is 0 Å². The van der Waals surface area contributed by atoms with Gasteiger partial charge in [-0.05, 0) is 71.8 Å². The summed E-state index contributed by atoms with van der Waals surface area (Å²) in [5.74, 6) is 0.698. The van der Waals surface area contributed by atoms with Gasteiger partial charge in [0.05, 0.1) is 33.6 Å². The lowest BCUT2D eigenvalue weighted by atomic mass is 9.95. The number of thiophene rings is 1. The molecular formula is C59H36N4S. The first kappa shape index (κ1) is 36.4. The molecule has 0 aliphatic heterocycles. The molecule has 0 unspecified atom stereocenters. The van der Waals surface area contributed by atoms with Crippen LogP contribution in [0.3, 0.4) is 0 Å². The zero-order valence-electron chi connectivity index (χ0n) is 34.5. The average Bonchev–Trinajstić information content (AvgIpc) is 3.92. The first-order chi connectivity index (χ1) is 31.7. The van der Waals surface area contributed by atoms with E-state index in [1.54, 1.807) is 0 Å². The van der Waals surface area contributed by atoms with E-state index < -0.39 is 0 Å². The van der Waals surface area contributed by atoms with Gasteiger partial charge in [0.2, 0.25) is 0 Å². The third kappa shape index (κ3) is 5.93. The van der Waals surface area contributed by atoms with E-state index in [1.807, 2.05) is 29.5 Å². The smallest absolute Gasteiger partial charge is 0.160 e. The van der Waals surface area contributed by atoms with Gasteiger partial charge in [-0.2, -0.15) is 0 Å². The van der Waals surface area contributed by atoms with Crippen LogP contribution in [0.25, 0.3) is 126 Å². The highest BCUT2D eigenvalue weighted by Crippen LogP contribution is 2.45. The number of hydrogen-bond donors (Lipinski definition) is 0. The van der Waals surface area contributed by atoms with Crippen LogP contribution < -0.4 is 0 Å². The topological polar surface area (TPSA) is 43.6 Å². The fourth-order valence-electron chi connectivity index (χ4n) is 9.59. The zero-order valence-corrected chi connectivity index (χ0v) is 35.3. The maximum absolute atomic E-state index is 5.22. The Hall–Kier alpha value is -8.25. The van der Waals surface area contributed by atoms with Crippen molar-refractivity contribution in [3.63, 3.8) is 0 Å². The third-order valence-electron chi connectivity index (χ3n) is 12.6. The van der Waals surface area contributed by atoms with Crippen molar-refractivity contribution in [2.45, 2.75) is 0 Å². The van der Waals surface area contributed by atoms with Crippen LogP contribution in [0.4, 0.5) is 0 Å². The molecule has 0 saturated heterocycles. The molecule has 4 aromatic heterocycles. The van der Waals surface area contributed by atoms with E-state index in [2.05, 4.69) is 205 Å². The van der Waals surface area contributed by atoms with Gasteiger partial charge in [0, 0.05) is 75.0 Å². The zero-order chi connectivity index (χ0) is 42.1. The molecule has 0 bridgehead atoms. The van der Waals surface area contributed by atoms with E-state index in [0.29, 0.717) is 5.82 Å². The molecule has 0 spiro atoms. The maximum atomic E-state index is 5.22. The Morgan fingerprint density at radius 2 is 0.922 bits per heavy atom. The minimum atomic E-state index is 0.698. The molecule has 0 aliphatic rings. The molecule has 0 radical (unpaired) electrons. The molecule has 13 rings (SSSR count). The Balaban J connectivity index is 0.929. The first-order valence-corrected chi connectivity index (χ1v) is 22.4. The minimum absolute atomic E-state index is 0.698. The Morgan fingerprint density at radius 3 is 1.72 bits per heavy atom. The van der Waals surface area contributed by atoms with Crippen LogP contribution in [0.15, 0.2) is 218 Å². The number of hydrogen-bond acceptors (Lipinski definition) is 4. The van der Waals surface area contributed by atoms with Gasteiger partial charge in [-0.3, -0.25) is 0 Å². The van der Waals surface area contributed by atoms with E-state index in [9.17, 15) is 0 Å². The standard InChI is InChI=1S/C59H36N4S/c1-4-14-39(15-5-1)58-46-30-33-55-57(56(46)45-21-10-12-22-49(45)60-58)48-34-41(29-32-54(48)64-55)37-24-26-38(27-25-37)50-36-51(62-59(61-50)40-16-6-2-7-17-40)42-28-31-53-47(35-42)44-20-11-13-23-52(44)63(53)43-18-8-3-9-19-43/h1-36H. The van der Waals surface area contributed by atoms with Gasteiger partial charge in [-0.25, -0.2) is 15.0 Å². The van der Waals surface area contributed by atoms with E-state index in [4.69, 9.17) is 15.0 Å². The van der Waals surface area contributed by atoms with Gasteiger partial charge in [0.25, 0.3) is 0 Å². The number of nitrogens with zero attached hydrogens (tertiary/aromatic N) is 4. The van der Waals surface area contributed by atoms with Crippen molar-refractivity contribution < 1.29 is 0 Å². The molecule has 0 atom stereocenters. The van der Waals surface area contributed by atoms with Crippen LogP contribution in [0.5, 0.6) is 0 Å². The van der Waals surface area contributed by atoms with Crippen molar-refractivity contribution in [1.82, 2.24) is 19.5 Å². The fourth-order valence-corrected chi connectivity index (χ4v) is 10.7. The Kier molecular flexibility index (Phi) is 8.36. The van der Waals surface area contributed by atoms with Crippen molar-refractivity contribution in [2.24, 2.45) is 0 Å². The lowest BCUT2D eigenvalue weighted by molar-refractivity contribution is 1.18. The van der Waals surface area contributed by atoms with Crippen molar-refractivity contribution in [2.75, 3.05) is 0 Å². The van der Waals surface area contributed by atoms with Crippen LogP contribution in [-0.2, 0) is 0 Å². The quantitative estimate of drug-likeness (QED) is 0.157. The summed E-state index contributed by atoms with van der Waals surface area (Å²) in [6.07, 6.45) is 0. The number of fused-ring (bicyclic) bond motifs is 10. The summed E-state index contributed by atoms with van der Waals surface area (Å²) < 4.78 is 4.90. The largest absolute Gasteiger partial charge is 0.309 e. The molecule has 0 saturated carbocycles. The molecule has 0 N–H and O–H groups in total. The second-order valence-corrected chi connectivity index (χ2v) is 17.4. The van der Waals surface area contributed by atoms with Gasteiger partial charge in [0.15, 0.2) is 5.82 Å². The van der Waals surface area contributed by atoms with Gasteiger partial charge >= 0.3 is 0 Å². The fraction of sp³-hybridized carbons (Fsp3) is 0. The van der Waals surface area contributed by atoms with Crippen LogP contribution in [-0.4, -0.2) is 19.5 Å². The SMILES string of the molecule is c1ccc(-c2nc(-c3ccc(-c4ccc5sc6ccc7c(-c8ccccc8)nc8ccccc8c7c6c5c4)cc3)cc(-c3ccc4c(c3)c3ccccc3n4-c3ccccc3)n2)cc1. The molecule has 9 aromatic carbocycles. The van der Waals surface area contributed by atoms with Crippen molar-refractivity contribution in [1.29, 1.82) is 0 Å². The second-order valence-electron chi connectivity index (χ2n) is 16.3. The summed E-state index contributed by atoms with van der Waals surface area (Å²) in [5.41, 5.74) is 13.8. The monoisotopic (exact) mass is 832 g/mol. The maximum Gasteiger partial charge on any atom is 0.160 e. The lowest BCUT2D eigenvalue weighted by Gasteiger charge is -2.12. The van der Waals surface area contributed by atoms with Gasteiger partial charge < -0.3 is 4.57 Å². The van der Waals surface area contributed by atoms with Crippen molar-refractivity contribution in [3.05, 3.63) is 218 Å². The van der Waals surface area contributed by atoms with E-state index >= 15 is 0 Å². The predicted molar refractivity (Wildman–Crippen MR) is 269 cm³/mol. The third-order valence-corrected chi connectivity index (χ3v) is 13.7. The summed E-state index contributed by atoms with van der Waals surface area (Å²) in [7, 11) is 0. The highest BCUT2D eigenvalue weighted by Gasteiger charge is 2.19. The molecular weight excluding hydrogens is 797 g/mol. The van der Waals surface area contributed by atoms with Crippen LogP contribution in [0, 0.1) is 0 Å². The van der Waals surface area contributed by atoms with Crippen molar-refractivity contribution >= 4 is 75.0 Å². The highest BCUT2D eigenvalue weighted by atomic mass is 32.1. The predicted octanol–water partition coefficient (Wildman–Crippen LogP) is 16.0. The minimum Gasteiger partial charge on any atom is -0.309 e. The summed E-state index contributed by atoms with van der Waals surface area (Å²) in [5, 5.41) is 8.56. The second kappa shape index (κ2) is 14.7. The van der Waals surface area contributed by atoms with E-state index in [0.717, 1.165) is 61.6 Å².